The second kappa shape index (κ2) is 8.78. The van der Waals surface area contributed by atoms with Gasteiger partial charge in [0.2, 0.25) is 0 Å². The minimum absolute atomic E-state index is 0. The van der Waals surface area contributed by atoms with Crippen molar-refractivity contribution >= 4 is 18.3 Å². The fourth-order valence-corrected chi connectivity index (χ4v) is 2.74. The maximum absolute atomic E-state index is 12.5. The van der Waals surface area contributed by atoms with Crippen molar-refractivity contribution in [3.8, 4) is 11.5 Å². The summed E-state index contributed by atoms with van der Waals surface area (Å²) in [6.07, 6.45) is 0. The van der Waals surface area contributed by atoms with E-state index in [-0.39, 0.29) is 31.0 Å². The zero-order valence-electron chi connectivity index (χ0n) is 14.4. The number of benzene rings is 1. The monoisotopic (exact) mass is 366 g/mol. The van der Waals surface area contributed by atoms with E-state index in [1.165, 1.54) is 0 Å². The number of methoxy groups -OCH3 is 1. The van der Waals surface area contributed by atoms with Gasteiger partial charge in [0.15, 0.2) is 17.3 Å². The molecular formula is C18H23ClN2O4. The number of hydrogen-bond donors (Lipinski definition) is 1. The van der Waals surface area contributed by atoms with Crippen LogP contribution in [0, 0.1) is 0 Å². The second-order valence-corrected chi connectivity index (χ2v) is 5.76. The van der Waals surface area contributed by atoms with E-state index in [9.17, 15) is 4.79 Å². The molecule has 1 saturated heterocycles. The highest BCUT2D eigenvalue weighted by atomic mass is 35.5. The number of carbonyl (C=O) groups excluding carboxylic acids is 1. The molecule has 0 aliphatic carbocycles. The van der Waals surface area contributed by atoms with Crippen molar-refractivity contribution in [2.45, 2.75) is 19.6 Å². The van der Waals surface area contributed by atoms with Crippen LogP contribution in [0.2, 0.25) is 0 Å². The van der Waals surface area contributed by atoms with Crippen LogP contribution >= 0.6 is 12.4 Å². The molecule has 1 fully saturated rings. The highest BCUT2D eigenvalue weighted by Crippen LogP contribution is 2.27. The lowest BCUT2D eigenvalue weighted by Gasteiger charge is -2.33. The summed E-state index contributed by atoms with van der Waals surface area (Å²) in [7, 11) is 1.60. The Labute approximate surface area is 153 Å². The van der Waals surface area contributed by atoms with Crippen LogP contribution in [0.3, 0.4) is 0 Å². The van der Waals surface area contributed by atoms with Gasteiger partial charge in [-0.1, -0.05) is 12.1 Å². The third kappa shape index (κ3) is 4.46. The van der Waals surface area contributed by atoms with Crippen molar-refractivity contribution in [1.82, 2.24) is 10.2 Å². The van der Waals surface area contributed by atoms with Crippen LogP contribution in [0.1, 0.15) is 23.2 Å². The maximum atomic E-state index is 12.5. The van der Waals surface area contributed by atoms with E-state index in [0.29, 0.717) is 29.6 Å². The van der Waals surface area contributed by atoms with Crippen molar-refractivity contribution in [2.24, 2.45) is 0 Å². The van der Waals surface area contributed by atoms with Crippen LogP contribution in [0.5, 0.6) is 11.5 Å². The second-order valence-electron chi connectivity index (χ2n) is 5.76. The molecule has 1 aromatic heterocycles. The van der Waals surface area contributed by atoms with Gasteiger partial charge in [0, 0.05) is 25.7 Å². The Morgan fingerprint density at radius 3 is 2.76 bits per heavy atom. The number of halogens is 1. The first-order chi connectivity index (χ1) is 11.7. The van der Waals surface area contributed by atoms with Crippen LogP contribution in [-0.2, 0) is 6.61 Å². The van der Waals surface area contributed by atoms with Gasteiger partial charge < -0.3 is 24.1 Å². The van der Waals surface area contributed by atoms with Crippen LogP contribution in [0.25, 0.3) is 0 Å². The lowest BCUT2D eigenvalue weighted by molar-refractivity contribution is 0.0619. The largest absolute Gasteiger partial charge is 0.493 e. The number of piperazine rings is 1. The molecule has 0 spiro atoms. The summed E-state index contributed by atoms with van der Waals surface area (Å²) in [5, 5.41) is 3.27. The van der Waals surface area contributed by atoms with Crippen LogP contribution in [0.4, 0.5) is 0 Å². The van der Waals surface area contributed by atoms with E-state index >= 15 is 0 Å². The molecule has 0 radical (unpaired) electrons. The third-order valence-electron chi connectivity index (χ3n) is 4.07. The Bertz CT molecular complexity index is 704. The predicted octanol–water partition coefficient (Wildman–Crippen LogP) is 2.72. The normalized spacial score (nSPS) is 16.9. The quantitative estimate of drug-likeness (QED) is 0.881. The van der Waals surface area contributed by atoms with Crippen molar-refractivity contribution in [3.63, 3.8) is 0 Å². The summed E-state index contributed by atoms with van der Waals surface area (Å²) in [5.41, 5.74) is 0. The molecule has 1 atom stereocenters. The number of amides is 1. The predicted molar refractivity (Wildman–Crippen MR) is 96.7 cm³/mol. The van der Waals surface area contributed by atoms with Crippen LogP contribution in [-0.4, -0.2) is 43.6 Å². The molecule has 1 aliphatic heterocycles. The Morgan fingerprint density at radius 2 is 2.04 bits per heavy atom. The van der Waals surface area contributed by atoms with Crippen LogP contribution < -0.4 is 14.8 Å². The molecular weight excluding hydrogens is 344 g/mol. The van der Waals surface area contributed by atoms with E-state index in [1.807, 2.05) is 36.1 Å². The summed E-state index contributed by atoms with van der Waals surface area (Å²) in [6.45, 7) is 4.56. The van der Waals surface area contributed by atoms with E-state index in [0.717, 1.165) is 13.1 Å². The number of rotatable bonds is 5. The van der Waals surface area contributed by atoms with Gasteiger partial charge >= 0.3 is 0 Å². The molecule has 0 unspecified atom stereocenters. The van der Waals surface area contributed by atoms with Gasteiger partial charge in [-0.25, -0.2) is 0 Å². The first-order valence-electron chi connectivity index (χ1n) is 8.05. The van der Waals surface area contributed by atoms with Gasteiger partial charge in [0.05, 0.1) is 7.11 Å². The molecule has 7 heteroatoms. The molecule has 136 valence electrons. The minimum atomic E-state index is -0.0764. The fourth-order valence-electron chi connectivity index (χ4n) is 2.74. The molecule has 1 aromatic carbocycles. The number of ether oxygens (including phenoxy) is 2. The van der Waals surface area contributed by atoms with E-state index in [4.69, 9.17) is 13.9 Å². The zero-order chi connectivity index (χ0) is 16.9. The Kier molecular flexibility index (Phi) is 6.73. The van der Waals surface area contributed by atoms with E-state index < -0.39 is 0 Å². The molecule has 2 aromatic rings. The highest BCUT2D eigenvalue weighted by Gasteiger charge is 2.26. The summed E-state index contributed by atoms with van der Waals surface area (Å²) in [6, 6.07) is 11.1. The molecule has 1 aliphatic rings. The lowest BCUT2D eigenvalue weighted by Crippen LogP contribution is -2.52. The lowest BCUT2D eigenvalue weighted by atomic mass is 10.2. The van der Waals surface area contributed by atoms with Crippen molar-refractivity contribution in [3.05, 3.63) is 47.9 Å². The van der Waals surface area contributed by atoms with Gasteiger partial charge in [-0.05, 0) is 31.2 Å². The smallest absolute Gasteiger partial charge is 0.289 e. The first kappa shape index (κ1) is 19.1. The molecule has 1 amide bonds. The minimum Gasteiger partial charge on any atom is -0.493 e. The number of hydrogen-bond acceptors (Lipinski definition) is 5. The highest BCUT2D eigenvalue weighted by molar-refractivity contribution is 5.91. The summed E-state index contributed by atoms with van der Waals surface area (Å²) in [4.78, 5) is 14.4. The number of para-hydroxylation sites is 2. The Balaban J connectivity index is 0.00000225. The third-order valence-corrected chi connectivity index (χ3v) is 4.07. The molecule has 0 saturated carbocycles. The summed E-state index contributed by atoms with van der Waals surface area (Å²) < 4.78 is 16.6. The Morgan fingerprint density at radius 1 is 1.28 bits per heavy atom. The topological polar surface area (TPSA) is 63.9 Å². The molecule has 1 N–H and O–H groups in total. The number of furan rings is 1. The first-order valence-corrected chi connectivity index (χ1v) is 8.05. The molecule has 25 heavy (non-hydrogen) atoms. The SMILES string of the molecule is COc1ccccc1OCc1ccc(C(=O)N2CCNC[C@H]2C)o1.Cl. The average Bonchev–Trinajstić information content (AvgIpc) is 3.09. The van der Waals surface area contributed by atoms with Gasteiger partial charge in [0.25, 0.3) is 5.91 Å². The average molecular weight is 367 g/mol. The van der Waals surface area contributed by atoms with Gasteiger partial charge in [-0.15, -0.1) is 12.4 Å². The fraction of sp³-hybridized carbons (Fsp3) is 0.389. The van der Waals surface area contributed by atoms with Crippen molar-refractivity contribution in [1.29, 1.82) is 0 Å². The molecule has 3 rings (SSSR count). The number of nitrogens with zero attached hydrogens (tertiary/aromatic N) is 1. The molecule has 0 bridgehead atoms. The van der Waals surface area contributed by atoms with Gasteiger partial charge in [-0.3, -0.25) is 4.79 Å². The molecule has 6 nitrogen and oxygen atoms in total. The van der Waals surface area contributed by atoms with E-state index in [1.54, 1.807) is 19.2 Å². The number of carbonyl (C=O) groups is 1. The van der Waals surface area contributed by atoms with Crippen molar-refractivity contribution in [2.75, 3.05) is 26.7 Å². The van der Waals surface area contributed by atoms with Crippen molar-refractivity contribution < 1.29 is 18.7 Å². The van der Waals surface area contributed by atoms with E-state index in [2.05, 4.69) is 5.32 Å². The zero-order valence-corrected chi connectivity index (χ0v) is 15.2. The maximum Gasteiger partial charge on any atom is 0.289 e. The summed E-state index contributed by atoms with van der Waals surface area (Å²) in [5.74, 6) is 2.18. The van der Waals surface area contributed by atoms with Gasteiger partial charge in [-0.2, -0.15) is 0 Å². The van der Waals surface area contributed by atoms with Crippen LogP contribution in [0.15, 0.2) is 40.8 Å². The Hall–Kier alpha value is -2.18. The molecule has 2 heterocycles. The van der Waals surface area contributed by atoms with Gasteiger partial charge in [0.1, 0.15) is 12.4 Å². The standard InChI is InChI=1S/C18H22N2O4.ClH/c1-13-11-19-9-10-20(13)18(21)17-8-7-14(24-17)12-23-16-6-4-3-5-15(16)22-2;/h3-8,13,19H,9-12H2,1-2H3;1H/t13-;/m1./s1. The summed E-state index contributed by atoms with van der Waals surface area (Å²) >= 11 is 0. The number of nitrogens with one attached hydrogen (secondary N) is 1.